The predicted molar refractivity (Wildman–Crippen MR) is 62.4 cm³/mol. The van der Waals surface area contributed by atoms with Crippen LogP contribution in [0.5, 0.6) is 5.88 Å². The van der Waals surface area contributed by atoms with Gasteiger partial charge in [-0.25, -0.2) is 4.98 Å². The van der Waals surface area contributed by atoms with Crippen LogP contribution >= 0.6 is 0 Å². The van der Waals surface area contributed by atoms with Gasteiger partial charge in [-0.05, 0) is 43.6 Å². The standard InChI is InChI=1S/C14H15NO/c1-16-14-13(11-5-6-11)9-8-12(15-14)7-4-10-2-3-10/h8-11H,2-3,5-6H2,1H3. The van der Waals surface area contributed by atoms with Crippen molar-refractivity contribution in [3.8, 4) is 17.7 Å². The molecular weight excluding hydrogens is 198 g/mol. The van der Waals surface area contributed by atoms with Gasteiger partial charge >= 0.3 is 0 Å². The number of aromatic nitrogens is 1. The monoisotopic (exact) mass is 213 g/mol. The van der Waals surface area contributed by atoms with Crippen LogP contribution in [0.15, 0.2) is 12.1 Å². The minimum absolute atomic E-state index is 0.621. The first-order valence-corrected chi connectivity index (χ1v) is 5.93. The summed E-state index contributed by atoms with van der Waals surface area (Å²) in [5.74, 6) is 8.41. The van der Waals surface area contributed by atoms with Crippen molar-refractivity contribution in [3.63, 3.8) is 0 Å². The van der Waals surface area contributed by atoms with E-state index in [1.54, 1.807) is 7.11 Å². The molecule has 0 atom stereocenters. The van der Waals surface area contributed by atoms with Gasteiger partial charge in [-0.2, -0.15) is 0 Å². The molecule has 0 unspecified atom stereocenters. The molecule has 2 saturated carbocycles. The molecule has 16 heavy (non-hydrogen) atoms. The summed E-state index contributed by atoms with van der Waals surface area (Å²) >= 11 is 0. The smallest absolute Gasteiger partial charge is 0.217 e. The molecule has 0 aromatic carbocycles. The summed E-state index contributed by atoms with van der Waals surface area (Å²) in [7, 11) is 1.69. The highest BCUT2D eigenvalue weighted by Crippen LogP contribution is 2.43. The van der Waals surface area contributed by atoms with Crippen molar-refractivity contribution in [2.45, 2.75) is 31.6 Å². The molecule has 2 heteroatoms. The van der Waals surface area contributed by atoms with E-state index in [2.05, 4.69) is 22.9 Å². The lowest BCUT2D eigenvalue weighted by Crippen LogP contribution is -1.95. The third kappa shape index (κ3) is 2.04. The Kier molecular flexibility index (Phi) is 2.32. The molecule has 0 N–H and O–H groups in total. The van der Waals surface area contributed by atoms with Crippen LogP contribution in [0, 0.1) is 17.8 Å². The summed E-state index contributed by atoms with van der Waals surface area (Å²) in [4.78, 5) is 4.46. The van der Waals surface area contributed by atoms with Gasteiger partial charge in [0.1, 0.15) is 5.69 Å². The average molecular weight is 213 g/mol. The van der Waals surface area contributed by atoms with E-state index >= 15 is 0 Å². The molecule has 0 saturated heterocycles. The summed E-state index contributed by atoms with van der Waals surface area (Å²) in [5, 5.41) is 0. The number of hydrogen-bond donors (Lipinski definition) is 0. The zero-order valence-corrected chi connectivity index (χ0v) is 9.49. The maximum atomic E-state index is 5.33. The molecule has 0 bridgehead atoms. The van der Waals surface area contributed by atoms with Gasteiger partial charge in [0.2, 0.25) is 5.88 Å². The van der Waals surface area contributed by atoms with Crippen molar-refractivity contribution >= 4 is 0 Å². The molecule has 1 heterocycles. The highest BCUT2D eigenvalue weighted by atomic mass is 16.5. The lowest BCUT2D eigenvalue weighted by atomic mass is 10.1. The molecule has 2 fully saturated rings. The van der Waals surface area contributed by atoms with Gasteiger partial charge in [-0.15, -0.1) is 0 Å². The van der Waals surface area contributed by atoms with Crippen LogP contribution in [0.2, 0.25) is 0 Å². The largest absolute Gasteiger partial charge is 0.481 e. The van der Waals surface area contributed by atoms with Gasteiger partial charge in [0, 0.05) is 11.5 Å². The Morgan fingerprint density at radius 3 is 2.69 bits per heavy atom. The van der Waals surface area contributed by atoms with Crippen LogP contribution in [0.1, 0.15) is 42.9 Å². The maximum Gasteiger partial charge on any atom is 0.217 e. The third-order valence-electron chi connectivity index (χ3n) is 3.08. The molecule has 2 aliphatic carbocycles. The first-order valence-electron chi connectivity index (χ1n) is 5.93. The highest BCUT2D eigenvalue weighted by Gasteiger charge is 2.27. The quantitative estimate of drug-likeness (QED) is 0.705. The molecule has 82 valence electrons. The van der Waals surface area contributed by atoms with E-state index in [-0.39, 0.29) is 0 Å². The summed E-state index contributed by atoms with van der Waals surface area (Å²) < 4.78 is 5.33. The molecule has 0 spiro atoms. The molecule has 2 nitrogen and oxygen atoms in total. The second kappa shape index (κ2) is 3.83. The summed E-state index contributed by atoms with van der Waals surface area (Å²) in [6, 6.07) is 4.14. The summed E-state index contributed by atoms with van der Waals surface area (Å²) in [6.07, 6.45) is 5.05. The highest BCUT2D eigenvalue weighted by molar-refractivity contribution is 5.39. The normalized spacial score (nSPS) is 18.8. The Hall–Kier alpha value is -1.49. The second-order valence-electron chi connectivity index (χ2n) is 4.61. The Bertz CT molecular complexity index is 461. The molecule has 0 aliphatic heterocycles. The van der Waals surface area contributed by atoms with Gasteiger partial charge in [0.05, 0.1) is 7.11 Å². The van der Waals surface area contributed by atoms with Crippen molar-refractivity contribution in [2.75, 3.05) is 7.11 Å². The fraction of sp³-hybridized carbons (Fsp3) is 0.500. The number of nitrogens with zero attached hydrogens (tertiary/aromatic N) is 1. The van der Waals surface area contributed by atoms with Gasteiger partial charge in [0.15, 0.2) is 0 Å². The minimum Gasteiger partial charge on any atom is -0.481 e. The fourth-order valence-electron chi connectivity index (χ4n) is 1.79. The Morgan fingerprint density at radius 1 is 1.25 bits per heavy atom. The fourth-order valence-corrected chi connectivity index (χ4v) is 1.79. The number of pyridine rings is 1. The van der Waals surface area contributed by atoms with Crippen molar-refractivity contribution < 1.29 is 4.74 Å². The minimum atomic E-state index is 0.621. The number of methoxy groups -OCH3 is 1. The number of hydrogen-bond acceptors (Lipinski definition) is 2. The Balaban J connectivity index is 1.87. The zero-order valence-electron chi connectivity index (χ0n) is 9.49. The van der Waals surface area contributed by atoms with Crippen LogP contribution in [0.3, 0.4) is 0 Å². The van der Waals surface area contributed by atoms with E-state index in [9.17, 15) is 0 Å². The Morgan fingerprint density at radius 2 is 2.06 bits per heavy atom. The average Bonchev–Trinajstić information content (AvgIpc) is 3.18. The van der Waals surface area contributed by atoms with E-state index in [0.717, 1.165) is 11.6 Å². The number of rotatable bonds is 2. The van der Waals surface area contributed by atoms with Crippen LogP contribution in [-0.4, -0.2) is 12.1 Å². The van der Waals surface area contributed by atoms with E-state index in [1.807, 2.05) is 6.07 Å². The first kappa shape index (κ1) is 9.72. The SMILES string of the molecule is COc1nc(C#CC2CC2)ccc1C1CC1. The predicted octanol–water partition coefficient (Wildman–Crippen LogP) is 2.73. The summed E-state index contributed by atoms with van der Waals surface area (Å²) in [5.41, 5.74) is 2.09. The molecule has 1 aromatic heterocycles. The second-order valence-corrected chi connectivity index (χ2v) is 4.61. The molecular formula is C14H15NO. The Labute approximate surface area is 96.0 Å². The van der Waals surface area contributed by atoms with E-state index in [4.69, 9.17) is 4.74 Å². The topological polar surface area (TPSA) is 22.1 Å². The van der Waals surface area contributed by atoms with Crippen LogP contribution in [0.25, 0.3) is 0 Å². The van der Waals surface area contributed by atoms with Crippen molar-refractivity contribution in [2.24, 2.45) is 5.92 Å². The van der Waals surface area contributed by atoms with Crippen LogP contribution < -0.4 is 4.74 Å². The van der Waals surface area contributed by atoms with Gasteiger partial charge in [-0.1, -0.05) is 12.0 Å². The third-order valence-corrected chi connectivity index (χ3v) is 3.08. The van der Waals surface area contributed by atoms with E-state index in [0.29, 0.717) is 11.8 Å². The first-order chi connectivity index (χ1) is 7.86. The van der Waals surface area contributed by atoms with Gasteiger partial charge in [0.25, 0.3) is 0 Å². The van der Waals surface area contributed by atoms with E-state index < -0.39 is 0 Å². The molecule has 3 rings (SSSR count). The van der Waals surface area contributed by atoms with Gasteiger partial charge < -0.3 is 4.74 Å². The van der Waals surface area contributed by atoms with E-state index in [1.165, 1.54) is 31.2 Å². The molecule has 2 aliphatic rings. The lowest BCUT2D eigenvalue weighted by Gasteiger charge is -2.05. The van der Waals surface area contributed by atoms with Crippen molar-refractivity contribution in [1.29, 1.82) is 0 Å². The molecule has 1 aromatic rings. The van der Waals surface area contributed by atoms with Crippen molar-refractivity contribution in [3.05, 3.63) is 23.4 Å². The lowest BCUT2D eigenvalue weighted by molar-refractivity contribution is 0.392. The van der Waals surface area contributed by atoms with Crippen LogP contribution in [0.4, 0.5) is 0 Å². The van der Waals surface area contributed by atoms with Gasteiger partial charge in [-0.3, -0.25) is 0 Å². The van der Waals surface area contributed by atoms with Crippen molar-refractivity contribution in [1.82, 2.24) is 4.98 Å². The zero-order chi connectivity index (χ0) is 11.0. The molecule has 0 amide bonds. The van der Waals surface area contributed by atoms with Crippen LogP contribution in [-0.2, 0) is 0 Å². The summed E-state index contributed by atoms with van der Waals surface area (Å²) in [6.45, 7) is 0. The maximum absolute atomic E-state index is 5.33. The number of ether oxygens (including phenoxy) is 1. The molecule has 0 radical (unpaired) electrons.